The van der Waals surface area contributed by atoms with Crippen LogP contribution in [-0.2, 0) is 23.2 Å². The molecule has 162 valence electrons. The lowest BCUT2D eigenvalue weighted by Gasteiger charge is -2.38. The van der Waals surface area contributed by atoms with Crippen molar-refractivity contribution in [3.8, 4) is 5.75 Å². The molecule has 8 nitrogen and oxygen atoms in total. The molecule has 2 heterocycles. The number of aryl methyl sites for hydroxylation is 1. The molecular weight excluding hydrogens is 382 g/mol. The highest BCUT2D eigenvalue weighted by Crippen LogP contribution is 2.21. The van der Waals surface area contributed by atoms with Crippen LogP contribution < -0.4 is 15.4 Å². The number of nitrogens with zero attached hydrogens (tertiary/aromatic N) is 3. The first-order chi connectivity index (χ1) is 14.5. The Morgan fingerprint density at radius 1 is 1.00 bits per heavy atom. The number of likely N-dealkylation sites (N-methyl/N-ethyl adjacent to an activating group) is 1. The second-order valence-electron chi connectivity index (χ2n) is 7.60. The van der Waals surface area contributed by atoms with Gasteiger partial charge >= 0.3 is 11.8 Å². The molecule has 0 spiro atoms. The van der Waals surface area contributed by atoms with Gasteiger partial charge in [0.1, 0.15) is 5.75 Å². The molecule has 8 heteroatoms. The van der Waals surface area contributed by atoms with Crippen LogP contribution in [0.2, 0.25) is 0 Å². The van der Waals surface area contributed by atoms with E-state index in [1.807, 2.05) is 43.6 Å². The molecule has 0 bridgehead atoms. The molecule has 1 aliphatic heterocycles. The molecule has 1 saturated heterocycles. The highest BCUT2D eigenvalue weighted by Gasteiger charge is 2.26. The molecule has 2 aromatic rings. The number of hydrogen-bond donors (Lipinski definition) is 2. The smallest absolute Gasteiger partial charge is 0.309 e. The highest BCUT2D eigenvalue weighted by molar-refractivity contribution is 6.35. The molecule has 2 N–H and O–H groups in total. The predicted octanol–water partition coefficient (Wildman–Crippen LogP) is 0.755. The van der Waals surface area contributed by atoms with Crippen molar-refractivity contribution in [1.29, 1.82) is 0 Å². The van der Waals surface area contributed by atoms with E-state index in [2.05, 4.69) is 38.1 Å². The Balaban J connectivity index is 1.58. The van der Waals surface area contributed by atoms with Gasteiger partial charge in [-0.3, -0.25) is 14.5 Å². The molecular formula is C22H31N5O3. The van der Waals surface area contributed by atoms with Crippen molar-refractivity contribution in [2.75, 3.05) is 46.9 Å². The first-order valence-corrected chi connectivity index (χ1v) is 10.2. The number of amides is 2. The lowest BCUT2D eigenvalue weighted by atomic mass is 10.1. The standard InChI is InChI=1S/C22H31N5O3/c1-25-11-13-27(14-12-25)19(18-8-6-10-26(18)2)16-24-22(29)21(28)23-15-17-7-4-5-9-20(17)30-3/h4-10,19H,11-16H2,1-3H3,(H,23,28)(H,24,29). The van der Waals surface area contributed by atoms with Crippen LogP contribution in [0.3, 0.4) is 0 Å². The molecule has 3 rings (SSSR count). The fourth-order valence-corrected chi connectivity index (χ4v) is 3.75. The Morgan fingerprint density at radius 3 is 2.37 bits per heavy atom. The Hall–Kier alpha value is -2.84. The van der Waals surface area contributed by atoms with Gasteiger partial charge in [0.05, 0.1) is 13.2 Å². The monoisotopic (exact) mass is 413 g/mol. The summed E-state index contributed by atoms with van der Waals surface area (Å²) in [7, 11) is 5.69. The lowest BCUT2D eigenvalue weighted by Crippen LogP contribution is -2.50. The molecule has 1 aliphatic rings. The van der Waals surface area contributed by atoms with Gasteiger partial charge in [-0.25, -0.2) is 0 Å². The van der Waals surface area contributed by atoms with Crippen LogP contribution >= 0.6 is 0 Å². The second-order valence-corrected chi connectivity index (χ2v) is 7.60. The lowest BCUT2D eigenvalue weighted by molar-refractivity contribution is -0.139. The number of ether oxygens (including phenoxy) is 1. The Morgan fingerprint density at radius 2 is 1.70 bits per heavy atom. The van der Waals surface area contributed by atoms with Gasteiger partial charge in [0.25, 0.3) is 0 Å². The van der Waals surface area contributed by atoms with Crippen LogP contribution in [0, 0.1) is 0 Å². The maximum absolute atomic E-state index is 12.4. The van der Waals surface area contributed by atoms with Gasteiger partial charge in [0.2, 0.25) is 0 Å². The van der Waals surface area contributed by atoms with Gasteiger partial charge in [-0.1, -0.05) is 18.2 Å². The number of methoxy groups -OCH3 is 1. The van der Waals surface area contributed by atoms with E-state index < -0.39 is 11.8 Å². The number of carbonyl (C=O) groups excluding carboxylic acids is 2. The zero-order chi connectivity index (χ0) is 21.5. The molecule has 1 aromatic heterocycles. The fraction of sp³-hybridized carbons (Fsp3) is 0.455. The van der Waals surface area contributed by atoms with Crippen molar-refractivity contribution in [3.05, 3.63) is 53.9 Å². The molecule has 1 fully saturated rings. The summed E-state index contributed by atoms with van der Waals surface area (Å²) in [6.07, 6.45) is 2.00. The summed E-state index contributed by atoms with van der Waals surface area (Å²) >= 11 is 0. The Kier molecular flexibility index (Phi) is 7.48. The number of para-hydroxylation sites is 1. The van der Waals surface area contributed by atoms with E-state index in [0.29, 0.717) is 12.3 Å². The van der Waals surface area contributed by atoms with Crippen molar-refractivity contribution in [2.24, 2.45) is 7.05 Å². The molecule has 2 amide bonds. The van der Waals surface area contributed by atoms with Crippen LogP contribution in [0.25, 0.3) is 0 Å². The second kappa shape index (κ2) is 10.3. The summed E-state index contributed by atoms with van der Waals surface area (Å²) in [6, 6.07) is 11.5. The number of carbonyl (C=O) groups is 2. The summed E-state index contributed by atoms with van der Waals surface area (Å²) in [4.78, 5) is 29.4. The maximum Gasteiger partial charge on any atom is 0.309 e. The summed E-state index contributed by atoms with van der Waals surface area (Å²) in [6.45, 7) is 4.41. The number of nitrogens with one attached hydrogen (secondary N) is 2. The molecule has 1 atom stereocenters. The molecule has 0 saturated carbocycles. The number of hydrogen-bond acceptors (Lipinski definition) is 5. The van der Waals surface area contributed by atoms with E-state index in [1.165, 1.54) is 0 Å². The van der Waals surface area contributed by atoms with Gasteiger partial charge in [0.15, 0.2) is 0 Å². The van der Waals surface area contributed by atoms with E-state index in [4.69, 9.17) is 4.74 Å². The van der Waals surface area contributed by atoms with Crippen molar-refractivity contribution in [3.63, 3.8) is 0 Å². The quantitative estimate of drug-likeness (QED) is 0.655. The minimum atomic E-state index is -0.648. The van der Waals surface area contributed by atoms with Crippen LogP contribution in [0.1, 0.15) is 17.3 Å². The van der Waals surface area contributed by atoms with Gasteiger partial charge in [-0.05, 0) is 25.2 Å². The van der Waals surface area contributed by atoms with Gasteiger partial charge in [-0.2, -0.15) is 0 Å². The molecule has 30 heavy (non-hydrogen) atoms. The Labute approximate surface area is 177 Å². The first kappa shape index (κ1) is 21.9. The molecule has 1 unspecified atom stereocenters. The first-order valence-electron chi connectivity index (χ1n) is 10.2. The third-order valence-corrected chi connectivity index (χ3v) is 5.60. The Bertz CT molecular complexity index is 858. The van der Waals surface area contributed by atoms with Crippen LogP contribution in [-0.4, -0.2) is 73.1 Å². The predicted molar refractivity (Wildman–Crippen MR) is 115 cm³/mol. The van der Waals surface area contributed by atoms with Gasteiger partial charge < -0.3 is 24.8 Å². The minimum Gasteiger partial charge on any atom is -0.496 e. The van der Waals surface area contributed by atoms with Crippen molar-refractivity contribution < 1.29 is 14.3 Å². The van der Waals surface area contributed by atoms with Crippen LogP contribution in [0.15, 0.2) is 42.6 Å². The van der Waals surface area contributed by atoms with Crippen molar-refractivity contribution in [2.45, 2.75) is 12.6 Å². The molecule has 0 aliphatic carbocycles. The number of rotatable bonds is 7. The zero-order valence-electron chi connectivity index (χ0n) is 17.9. The third-order valence-electron chi connectivity index (χ3n) is 5.60. The van der Waals surface area contributed by atoms with E-state index >= 15 is 0 Å². The van der Waals surface area contributed by atoms with Crippen molar-refractivity contribution >= 4 is 11.8 Å². The maximum atomic E-state index is 12.4. The summed E-state index contributed by atoms with van der Waals surface area (Å²) in [5, 5.41) is 5.49. The SMILES string of the molecule is COc1ccccc1CNC(=O)C(=O)NCC(c1cccn1C)N1CCN(C)CC1. The average Bonchev–Trinajstić information content (AvgIpc) is 3.19. The summed E-state index contributed by atoms with van der Waals surface area (Å²) in [5.74, 6) is -0.597. The molecule has 1 aromatic carbocycles. The topological polar surface area (TPSA) is 78.8 Å². The third kappa shape index (κ3) is 5.40. The highest BCUT2D eigenvalue weighted by atomic mass is 16.5. The normalized spacial score (nSPS) is 16.1. The van der Waals surface area contributed by atoms with Gasteiger partial charge in [-0.15, -0.1) is 0 Å². The summed E-state index contributed by atoms with van der Waals surface area (Å²) < 4.78 is 7.35. The molecule has 0 radical (unpaired) electrons. The summed E-state index contributed by atoms with van der Waals surface area (Å²) in [5.41, 5.74) is 1.94. The largest absolute Gasteiger partial charge is 0.496 e. The number of piperazine rings is 1. The number of aromatic nitrogens is 1. The van der Waals surface area contributed by atoms with Crippen LogP contribution in [0.5, 0.6) is 5.75 Å². The average molecular weight is 414 g/mol. The van der Waals surface area contributed by atoms with Crippen LogP contribution in [0.4, 0.5) is 0 Å². The van der Waals surface area contributed by atoms with E-state index in [9.17, 15) is 9.59 Å². The van der Waals surface area contributed by atoms with E-state index in [-0.39, 0.29) is 12.6 Å². The minimum absolute atomic E-state index is 0.0182. The fourth-order valence-electron chi connectivity index (χ4n) is 3.75. The zero-order valence-corrected chi connectivity index (χ0v) is 17.9. The number of benzene rings is 1. The van der Waals surface area contributed by atoms with E-state index in [0.717, 1.165) is 37.4 Å². The van der Waals surface area contributed by atoms with Crippen molar-refractivity contribution in [1.82, 2.24) is 25.0 Å². The van der Waals surface area contributed by atoms with E-state index in [1.54, 1.807) is 7.11 Å². The van der Waals surface area contributed by atoms with Gasteiger partial charge in [0, 0.05) is 63.8 Å².